The predicted molar refractivity (Wildman–Crippen MR) is 63.4 cm³/mol. The van der Waals surface area contributed by atoms with Crippen molar-refractivity contribution in [1.29, 1.82) is 0 Å². The number of carboxylic acid groups (broad SMARTS) is 1. The summed E-state index contributed by atoms with van der Waals surface area (Å²) in [7, 11) is 1.72. The molecule has 1 rings (SSSR count). The summed E-state index contributed by atoms with van der Waals surface area (Å²) in [5, 5.41) is 18.4. The van der Waals surface area contributed by atoms with Crippen molar-refractivity contribution in [3.05, 3.63) is 29.8 Å². The van der Waals surface area contributed by atoms with E-state index in [1.807, 2.05) is 0 Å². The van der Waals surface area contributed by atoms with Crippen molar-refractivity contribution in [1.82, 2.24) is 0 Å². The Morgan fingerprint density at radius 3 is 2.69 bits per heavy atom. The van der Waals surface area contributed by atoms with Crippen LogP contribution in [0.3, 0.4) is 0 Å². The van der Waals surface area contributed by atoms with Crippen LogP contribution in [0.5, 0.6) is 0 Å². The maximum atomic E-state index is 11.0. The number of hydrogen-bond acceptors (Lipinski definition) is 3. The molecule has 0 bridgehead atoms. The summed E-state index contributed by atoms with van der Waals surface area (Å²) in [6.07, 6.45) is -0.673. The molecule has 1 atom stereocenters. The maximum Gasteiger partial charge on any atom is 0.337 e. The molecule has 0 aliphatic heterocycles. The second-order valence-corrected chi connectivity index (χ2v) is 3.82. The van der Waals surface area contributed by atoms with Gasteiger partial charge in [-0.2, -0.15) is 0 Å². The number of hydrogen-bond donors (Lipinski definition) is 2. The van der Waals surface area contributed by atoms with Gasteiger partial charge in [0.1, 0.15) is 0 Å². The Kier molecular flexibility index (Phi) is 4.58. The van der Waals surface area contributed by atoms with Crippen LogP contribution in [0.1, 0.15) is 10.4 Å². The summed E-state index contributed by atoms with van der Waals surface area (Å²) >= 11 is 5.49. The minimum absolute atomic E-state index is 0.125. The number of aliphatic hydroxyl groups is 1. The highest BCUT2D eigenvalue weighted by atomic mass is 35.5. The van der Waals surface area contributed by atoms with E-state index < -0.39 is 12.1 Å². The first kappa shape index (κ1) is 12.8. The van der Waals surface area contributed by atoms with Crippen LogP contribution in [0.2, 0.25) is 0 Å². The SMILES string of the molecule is CN(CC(O)CCl)c1ccccc1C(=O)O. The minimum atomic E-state index is -0.984. The zero-order valence-corrected chi connectivity index (χ0v) is 9.68. The van der Waals surface area contributed by atoms with Gasteiger partial charge in [-0.1, -0.05) is 12.1 Å². The third kappa shape index (κ3) is 3.12. The molecule has 5 heteroatoms. The summed E-state index contributed by atoms with van der Waals surface area (Å²) in [6.45, 7) is 0.299. The van der Waals surface area contributed by atoms with E-state index in [-0.39, 0.29) is 11.4 Å². The first-order valence-corrected chi connectivity index (χ1v) is 5.37. The molecule has 1 unspecified atom stereocenters. The van der Waals surface area contributed by atoms with E-state index in [1.54, 1.807) is 30.1 Å². The average molecular weight is 244 g/mol. The van der Waals surface area contributed by atoms with E-state index in [0.29, 0.717) is 12.2 Å². The first-order valence-electron chi connectivity index (χ1n) is 4.83. The molecule has 2 N–H and O–H groups in total. The fraction of sp³-hybridized carbons (Fsp3) is 0.364. The lowest BCUT2D eigenvalue weighted by Crippen LogP contribution is -2.31. The van der Waals surface area contributed by atoms with Crippen molar-refractivity contribution in [2.75, 3.05) is 24.4 Å². The molecule has 0 saturated carbocycles. The van der Waals surface area contributed by atoms with Crippen LogP contribution in [-0.4, -0.2) is 41.8 Å². The van der Waals surface area contributed by atoms with Gasteiger partial charge >= 0.3 is 5.97 Å². The summed E-state index contributed by atoms with van der Waals surface area (Å²) in [5.41, 5.74) is 0.783. The van der Waals surface area contributed by atoms with Crippen molar-refractivity contribution in [2.24, 2.45) is 0 Å². The zero-order valence-electron chi connectivity index (χ0n) is 8.93. The summed E-state index contributed by atoms with van der Waals surface area (Å²) < 4.78 is 0. The Morgan fingerprint density at radius 2 is 2.12 bits per heavy atom. The molecule has 0 heterocycles. The number of nitrogens with zero attached hydrogens (tertiary/aromatic N) is 1. The molecule has 0 saturated heterocycles. The number of halogens is 1. The number of alkyl halides is 1. The number of benzene rings is 1. The fourth-order valence-corrected chi connectivity index (χ4v) is 1.55. The van der Waals surface area contributed by atoms with Gasteiger partial charge in [0.25, 0.3) is 0 Å². The molecule has 0 aliphatic carbocycles. The standard InChI is InChI=1S/C11H14ClNO3/c1-13(7-8(14)6-12)10-5-3-2-4-9(10)11(15)16/h2-5,8,14H,6-7H2,1H3,(H,15,16). The fourth-order valence-electron chi connectivity index (χ4n) is 1.45. The highest BCUT2D eigenvalue weighted by Crippen LogP contribution is 2.19. The van der Waals surface area contributed by atoms with Gasteiger partial charge in [-0.05, 0) is 12.1 Å². The van der Waals surface area contributed by atoms with Gasteiger partial charge in [0.2, 0.25) is 0 Å². The Hall–Kier alpha value is -1.26. The molecule has 1 aromatic carbocycles. The Balaban J connectivity index is 2.90. The van der Waals surface area contributed by atoms with E-state index in [4.69, 9.17) is 16.7 Å². The van der Waals surface area contributed by atoms with Gasteiger partial charge in [0.05, 0.1) is 23.2 Å². The lowest BCUT2D eigenvalue weighted by Gasteiger charge is -2.23. The average Bonchev–Trinajstić information content (AvgIpc) is 2.28. The van der Waals surface area contributed by atoms with Crippen molar-refractivity contribution >= 4 is 23.3 Å². The molecule has 88 valence electrons. The van der Waals surface area contributed by atoms with Crippen LogP contribution in [-0.2, 0) is 0 Å². The molecule has 0 aromatic heterocycles. The number of rotatable bonds is 5. The molecule has 0 fully saturated rings. The molecular formula is C11H14ClNO3. The van der Waals surface area contributed by atoms with Gasteiger partial charge in [-0.25, -0.2) is 4.79 Å². The van der Waals surface area contributed by atoms with Gasteiger partial charge in [0, 0.05) is 13.6 Å². The summed E-state index contributed by atoms with van der Waals surface area (Å²) in [5.74, 6) is -0.859. The quantitative estimate of drug-likeness (QED) is 0.768. The van der Waals surface area contributed by atoms with Crippen LogP contribution >= 0.6 is 11.6 Å². The second-order valence-electron chi connectivity index (χ2n) is 3.51. The van der Waals surface area contributed by atoms with E-state index in [2.05, 4.69) is 0 Å². The molecule has 0 radical (unpaired) electrons. The Morgan fingerprint density at radius 1 is 1.50 bits per heavy atom. The van der Waals surface area contributed by atoms with Crippen LogP contribution in [0.4, 0.5) is 5.69 Å². The second kappa shape index (κ2) is 5.72. The number of aromatic carboxylic acids is 1. The third-order valence-corrected chi connectivity index (χ3v) is 2.56. The molecule has 1 aromatic rings. The first-order chi connectivity index (χ1) is 7.56. The van der Waals surface area contributed by atoms with Gasteiger partial charge < -0.3 is 15.1 Å². The van der Waals surface area contributed by atoms with Crippen LogP contribution in [0, 0.1) is 0 Å². The monoisotopic (exact) mass is 243 g/mol. The molecule has 4 nitrogen and oxygen atoms in total. The highest BCUT2D eigenvalue weighted by Gasteiger charge is 2.14. The van der Waals surface area contributed by atoms with Crippen molar-refractivity contribution in [2.45, 2.75) is 6.10 Å². The number of likely N-dealkylation sites (N-methyl/N-ethyl adjacent to an activating group) is 1. The topological polar surface area (TPSA) is 60.8 Å². The predicted octanol–water partition coefficient (Wildman–Crippen LogP) is 1.42. The number of carbonyl (C=O) groups is 1. The maximum absolute atomic E-state index is 11.0. The van der Waals surface area contributed by atoms with Crippen LogP contribution in [0.25, 0.3) is 0 Å². The number of carboxylic acids is 1. The lowest BCUT2D eigenvalue weighted by atomic mass is 10.1. The lowest BCUT2D eigenvalue weighted by molar-refractivity contribution is 0.0697. The summed E-state index contributed by atoms with van der Waals surface area (Å²) in [4.78, 5) is 12.6. The zero-order chi connectivity index (χ0) is 12.1. The van der Waals surface area contributed by atoms with Gasteiger partial charge in [-0.3, -0.25) is 0 Å². The van der Waals surface area contributed by atoms with Gasteiger partial charge in [-0.15, -0.1) is 11.6 Å². The Bertz CT molecular complexity index is 370. The normalized spacial score (nSPS) is 12.2. The summed E-state index contributed by atoms with van der Waals surface area (Å²) in [6, 6.07) is 6.65. The van der Waals surface area contributed by atoms with E-state index >= 15 is 0 Å². The number of anilines is 1. The van der Waals surface area contributed by atoms with E-state index in [1.165, 1.54) is 6.07 Å². The van der Waals surface area contributed by atoms with Crippen molar-refractivity contribution in [3.63, 3.8) is 0 Å². The van der Waals surface area contributed by atoms with E-state index in [0.717, 1.165) is 0 Å². The van der Waals surface area contributed by atoms with Crippen LogP contribution < -0.4 is 4.90 Å². The van der Waals surface area contributed by atoms with E-state index in [9.17, 15) is 9.90 Å². The minimum Gasteiger partial charge on any atom is -0.478 e. The molecular weight excluding hydrogens is 230 g/mol. The number of aliphatic hydroxyl groups excluding tert-OH is 1. The van der Waals surface area contributed by atoms with Gasteiger partial charge in [0.15, 0.2) is 0 Å². The smallest absolute Gasteiger partial charge is 0.337 e. The highest BCUT2D eigenvalue weighted by molar-refractivity contribution is 6.18. The molecule has 16 heavy (non-hydrogen) atoms. The largest absolute Gasteiger partial charge is 0.478 e. The molecule has 0 aliphatic rings. The van der Waals surface area contributed by atoms with Crippen molar-refractivity contribution < 1.29 is 15.0 Å². The molecule has 0 spiro atoms. The molecule has 0 amide bonds. The number of para-hydroxylation sites is 1. The third-order valence-electron chi connectivity index (χ3n) is 2.21. The Labute approximate surface area is 99.1 Å². The van der Waals surface area contributed by atoms with Crippen LogP contribution in [0.15, 0.2) is 24.3 Å². The van der Waals surface area contributed by atoms with Crippen molar-refractivity contribution in [3.8, 4) is 0 Å².